The van der Waals surface area contributed by atoms with Crippen molar-refractivity contribution in [3.05, 3.63) is 126 Å². The number of amides is 4. The van der Waals surface area contributed by atoms with Crippen molar-refractivity contribution in [1.29, 1.82) is 0 Å². The number of aryl methyl sites for hydroxylation is 1. The lowest BCUT2D eigenvalue weighted by Gasteiger charge is -2.31. The summed E-state index contributed by atoms with van der Waals surface area (Å²) >= 11 is 0. The number of aliphatic hydroxyl groups excluding tert-OH is 1. The minimum Gasteiger partial charge on any atom is -0.445 e. The summed E-state index contributed by atoms with van der Waals surface area (Å²) in [5.41, 5.74) is 3.98. The molecule has 4 aromatic rings. The van der Waals surface area contributed by atoms with Gasteiger partial charge in [0.1, 0.15) is 12.6 Å². The zero-order valence-corrected chi connectivity index (χ0v) is 29.0. The number of aliphatic hydroxyl groups is 1. The molecular formula is C38H47N7O5. The van der Waals surface area contributed by atoms with Gasteiger partial charge < -0.3 is 30.7 Å². The molecule has 4 atom stereocenters. The lowest BCUT2D eigenvalue weighted by atomic mass is 9.93. The van der Waals surface area contributed by atoms with Gasteiger partial charge in [-0.15, -0.1) is 0 Å². The topological polar surface area (TPSA) is 159 Å². The number of carbonyl (C=O) groups excluding carboxylic acids is 3. The first-order chi connectivity index (χ1) is 24.1. The van der Waals surface area contributed by atoms with Gasteiger partial charge in [-0.1, -0.05) is 80.6 Å². The summed E-state index contributed by atoms with van der Waals surface area (Å²) in [5.74, 6) is -0.691. The maximum absolute atomic E-state index is 13.9. The number of aromatic nitrogens is 3. The second-order valence-corrected chi connectivity index (χ2v) is 12.8. The Kier molecular flexibility index (Phi) is 14.2. The van der Waals surface area contributed by atoms with Gasteiger partial charge in [0.2, 0.25) is 5.91 Å². The molecule has 0 fully saturated rings. The molecule has 2 aromatic heterocycles. The van der Waals surface area contributed by atoms with Gasteiger partial charge in [-0.2, -0.15) is 0 Å². The number of pyridine rings is 1. The van der Waals surface area contributed by atoms with Gasteiger partial charge in [0.25, 0.3) is 0 Å². The van der Waals surface area contributed by atoms with E-state index in [9.17, 15) is 19.5 Å². The summed E-state index contributed by atoms with van der Waals surface area (Å²) < 4.78 is 5.46. The van der Waals surface area contributed by atoms with Gasteiger partial charge in [0, 0.05) is 37.2 Å². The van der Waals surface area contributed by atoms with Crippen LogP contribution in [0.1, 0.15) is 48.3 Å². The third-order valence-corrected chi connectivity index (χ3v) is 8.14. The molecule has 4 amide bonds. The molecule has 0 radical (unpaired) electrons. The summed E-state index contributed by atoms with van der Waals surface area (Å²) in [6, 6.07) is 20.1. The Morgan fingerprint density at radius 3 is 2.10 bits per heavy atom. The summed E-state index contributed by atoms with van der Waals surface area (Å²) in [7, 11) is 1.62. The van der Waals surface area contributed by atoms with E-state index in [1.54, 1.807) is 37.9 Å². The average Bonchev–Trinajstić information content (AvgIpc) is 3.10. The standard InChI is InChI=1S/C38H47N7O5/c1-26(2)35(44-37(48)45(4)24-32-23-40-21-27(3)41-32)36(47)43-33(19-29-14-9-6-10-15-29)34(46)20-31(18-28-12-7-5-8-13-28)42-38(49)50-25-30-16-11-17-39-22-30/h5-17,21-23,26,31,33-35,46H,18-20,24-25H2,1-4H3,(H,42,49)(H,43,47)(H,44,48)/t31-,33-,34-,35-/m0/s1. The van der Waals surface area contributed by atoms with E-state index in [1.807, 2.05) is 87.5 Å². The van der Waals surface area contributed by atoms with Gasteiger partial charge in [-0.25, -0.2) is 9.59 Å². The van der Waals surface area contributed by atoms with Crippen LogP contribution >= 0.6 is 0 Å². The van der Waals surface area contributed by atoms with Crippen LogP contribution < -0.4 is 16.0 Å². The molecule has 0 bridgehead atoms. The predicted octanol–water partition coefficient (Wildman–Crippen LogP) is 4.36. The van der Waals surface area contributed by atoms with Crippen molar-refractivity contribution in [3.63, 3.8) is 0 Å². The SMILES string of the molecule is Cc1cncc(CN(C)C(=O)N[C@H](C(=O)N[C@@H](Cc2ccccc2)[C@@H](O)C[C@H](Cc2ccccc2)NC(=O)OCc2cccnc2)C(C)C)n1. The smallest absolute Gasteiger partial charge is 0.407 e. The van der Waals surface area contributed by atoms with Crippen LogP contribution in [-0.2, 0) is 35.5 Å². The highest BCUT2D eigenvalue weighted by atomic mass is 16.5. The van der Waals surface area contributed by atoms with Crippen molar-refractivity contribution in [2.24, 2.45) is 5.92 Å². The lowest BCUT2D eigenvalue weighted by molar-refractivity contribution is -0.125. The number of carbonyl (C=O) groups is 3. The molecule has 50 heavy (non-hydrogen) atoms. The van der Waals surface area contributed by atoms with Gasteiger partial charge in [-0.05, 0) is 49.3 Å². The number of hydrogen-bond donors (Lipinski definition) is 4. The van der Waals surface area contributed by atoms with E-state index < -0.39 is 42.3 Å². The molecule has 12 heteroatoms. The zero-order chi connectivity index (χ0) is 35.9. The Bertz CT molecular complexity index is 1640. The van der Waals surface area contributed by atoms with Crippen molar-refractivity contribution >= 4 is 18.0 Å². The molecule has 0 saturated carbocycles. The minimum atomic E-state index is -1.07. The molecule has 2 aromatic carbocycles. The third-order valence-electron chi connectivity index (χ3n) is 8.14. The van der Waals surface area contributed by atoms with Crippen LogP contribution in [0.5, 0.6) is 0 Å². The van der Waals surface area contributed by atoms with Crippen LogP contribution in [0, 0.1) is 12.8 Å². The van der Waals surface area contributed by atoms with Gasteiger partial charge >= 0.3 is 12.1 Å². The number of nitrogens with one attached hydrogen (secondary N) is 3. The van der Waals surface area contributed by atoms with Crippen LogP contribution in [0.4, 0.5) is 9.59 Å². The molecule has 12 nitrogen and oxygen atoms in total. The highest BCUT2D eigenvalue weighted by molar-refractivity contribution is 5.87. The first-order valence-corrected chi connectivity index (χ1v) is 16.7. The van der Waals surface area contributed by atoms with E-state index in [2.05, 4.69) is 30.9 Å². The van der Waals surface area contributed by atoms with Crippen LogP contribution in [0.25, 0.3) is 0 Å². The first-order valence-electron chi connectivity index (χ1n) is 16.7. The second kappa shape index (κ2) is 19.0. The van der Waals surface area contributed by atoms with Crippen molar-refractivity contribution in [1.82, 2.24) is 35.8 Å². The number of rotatable bonds is 16. The summed E-state index contributed by atoms with van der Waals surface area (Å²) in [6.07, 6.45) is 5.66. The van der Waals surface area contributed by atoms with E-state index in [0.29, 0.717) is 18.5 Å². The monoisotopic (exact) mass is 681 g/mol. The van der Waals surface area contributed by atoms with E-state index in [1.165, 1.54) is 4.90 Å². The predicted molar refractivity (Wildman–Crippen MR) is 190 cm³/mol. The lowest BCUT2D eigenvalue weighted by Crippen LogP contribution is -2.57. The van der Waals surface area contributed by atoms with E-state index >= 15 is 0 Å². The largest absolute Gasteiger partial charge is 0.445 e. The number of hydrogen-bond acceptors (Lipinski definition) is 8. The average molecular weight is 682 g/mol. The Morgan fingerprint density at radius 2 is 1.48 bits per heavy atom. The van der Waals surface area contributed by atoms with Crippen LogP contribution in [0.2, 0.25) is 0 Å². The number of ether oxygens (including phenoxy) is 1. The minimum absolute atomic E-state index is 0.0445. The molecular weight excluding hydrogens is 634 g/mol. The molecule has 0 unspecified atom stereocenters. The number of nitrogens with zero attached hydrogens (tertiary/aromatic N) is 4. The highest BCUT2D eigenvalue weighted by Gasteiger charge is 2.31. The van der Waals surface area contributed by atoms with Gasteiger partial charge in [-0.3, -0.25) is 19.7 Å². The van der Waals surface area contributed by atoms with Crippen LogP contribution in [0.15, 0.2) is 97.6 Å². The molecule has 0 aliphatic heterocycles. The van der Waals surface area contributed by atoms with Crippen molar-refractivity contribution in [3.8, 4) is 0 Å². The number of alkyl carbamates (subject to hydrolysis) is 1. The summed E-state index contributed by atoms with van der Waals surface area (Å²) in [6.45, 7) is 5.77. The molecule has 4 N–H and O–H groups in total. The highest BCUT2D eigenvalue weighted by Crippen LogP contribution is 2.16. The molecule has 2 heterocycles. The molecule has 0 saturated heterocycles. The molecule has 264 valence electrons. The third kappa shape index (κ3) is 12.3. The van der Waals surface area contributed by atoms with E-state index in [0.717, 1.165) is 22.4 Å². The summed E-state index contributed by atoms with van der Waals surface area (Å²) in [4.78, 5) is 54.0. The molecule has 4 rings (SSSR count). The first kappa shape index (κ1) is 37.5. The number of urea groups is 1. The number of benzene rings is 2. The van der Waals surface area contributed by atoms with Crippen molar-refractivity contribution in [2.75, 3.05) is 7.05 Å². The fourth-order valence-corrected chi connectivity index (χ4v) is 5.50. The van der Waals surface area contributed by atoms with Crippen molar-refractivity contribution < 1.29 is 24.2 Å². The summed E-state index contributed by atoms with van der Waals surface area (Å²) in [5, 5.41) is 20.5. The second-order valence-electron chi connectivity index (χ2n) is 12.8. The Labute approximate surface area is 293 Å². The Hall–Kier alpha value is -5.36. The Balaban J connectivity index is 1.48. The quantitative estimate of drug-likeness (QED) is 0.136. The van der Waals surface area contributed by atoms with Crippen LogP contribution in [0.3, 0.4) is 0 Å². The fraction of sp³-hybridized carbons (Fsp3) is 0.368. The van der Waals surface area contributed by atoms with Crippen molar-refractivity contribution in [2.45, 2.75) is 77.4 Å². The van der Waals surface area contributed by atoms with Gasteiger partial charge in [0.15, 0.2) is 0 Å². The maximum atomic E-state index is 13.9. The van der Waals surface area contributed by atoms with E-state index in [-0.39, 0.29) is 25.5 Å². The van der Waals surface area contributed by atoms with Crippen LogP contribution in [-0.4, -0.2) is 74.3 Å². The molecule has 0 aliphatic carbocycles. The Morgan fingerprint density at radius 1 is 0.820 bits per heavy atom. The maximum Gasteiger partial charge on any atom is 0.407 e. The fourth-order valence-electron chi connectivity index (χ4n) is 5.50. The van der Waals surface area contributed by atoms with E-state index in [4.69, 9.17) is 4.74 Å². The zero-order valence-electron chi connectivity index (χ0n) is 29.0. The normalized spacial score (nSPS) is 13.4. The molecule has 0 spiro atoms. The van der Waals surface area contributed by atoms with Gasteiger partial charge in [0.05, 0.1) is 36.3 Å². The molecule has 0 aliphatic rings.